The van der Waals surface area contributed by atoms with E-state index in [9.17, 15) is 0 Å². The molecule has 0 aliphatic heterocycles. The molecule has 17 heavy (non-hydrogen) atoms. The predicted molar refractivity (Wildman–Crippen MR) is 65.7 cm³/mol. The van der Waals surface area contributed by atoms with Gasteiger partial charge in [-0.2, -0.15) is 0 Å². The van der Waals surface area contributed by atoms with Crippen LogP contribution in [0.2, 0.25) is 0 Å². The van der Waals surface area contributed by atoms with Crippen LogP contribution in [0, 0.1) is 0 Å². The summed E-state index contributed by atoms with van der Waals surface area (Å²) in [5.41, 5.74) is 8.24. The Hall–Kier alpha value is -1.94. The molecule has 0 aromatic carbocycles. The lowest BCUT2D eigenvalue weighted by Gasteiger charge is -2.14. The quantitative estimate of drug-likeness (QED) is 0.867. The normalized spacial score (nSPS) is 12.1. The lowest BCUT2D eigenvalue weighted by atomic mass is 10.0. The van der Waals surface area contributed by atoms with Gasteiger partial charge in [-0.3, -0.25) is 9.97 Å². The van der Waals surface area contributed by atoms with Crippen LogP contribution >= 0.6 is 0 Å². The van der Waals surface area contributed by atoms with E-state index in [1.807, 2.05) is 24.4 Å². The van der Waals surface area contributed by atoms with Gasteiger partial charge in [0.25, 0.3) is 0 Å². The van der Waals surface area contributed by atoms with Crippen molar-refractivity contribution in [3.63, 3.8) is 0 Å². The van der Waals surface area contributed by atoms with Crippen LogP contribution in [0.3, 0.4) is 0 Å². The standard InChI is InChI=1S/C13H15N3O/c1-17-13-9-16-6-4-11(13)12(14)7-10-3-2-5-15-8-10/h2-6,8-9,12H,7,14H2,1H3. The van der Waals surface area contributed by atoms with E-state index in [2.05, 4.69) is 9.97 Å². The zero-order chi connectivity index (χ0) is 12.1. The second-order valence-electron chi connectivity index (χ2n) is 3.79. The van der Waals surface area contributed by atoms with Crippen molar-refractivity contribution in [3.05, 3.63) is 54.1 Å². The van der Waals surface area contributed by atoms with Crippen LogP contribution < -0.4 is 10.5 Å². The predicted octanol–water partition coefficient (Wildman–Crippen LogP) is 1.73. The molecule has 0 spiro atoms. The number of hydrogen-bond donors (Lipinski definition) is 1. The smallest absolute Gasteiger partial charge is 0.141 e. The van der Waals surface area contributed by atoms with Gasteiger partial charge in [0.15, 0.2) is 0 Å². The maximum Gasteiger partial charge on any atom is 0.141 e. The Morgan fingerprint density at radius 2 is 2.06 bits per heavy atom. The van der Waals surface area contributed by atoms with Gasteiger partial charge in [-0.05, 0) is 24.1 Å². The average Bonchev–Trinajstić information content (AvgIpc) is 2.40. The summed E-state index contributed by atoms with van der Waals surface area (Å²) in [5.74, 6) is 0.726. The Bertz CT molecular complexity index is 473. The summed E-state index contributed by atoms with van der Waals surface area (Å²) in [5, 5.41) is 0. The largest absolute Gasteiger partial charge is 0.495 e. The van der Waals surface area contributed by atoms with E-state index in [1.54, 1.807) is 25.7 Å². The molecule has 2 aromatic rings. The topological polar surface area (TPSA) is 61.0 Å². The Labute approximate surface area is 100 Å². The van der Waals surface area contributed by atoms with Gasteiger partial charge in [0.2, 0.25) is 0 Å². The Morgan fingerprint density at radius 3 is 2.76 bits per heavy atom. The van der Waals surface area contributed by atoms with Crippen molar-refractivity contribution >= 4 is 0 Å². The summed E-state index contributed by atoms with van der Waals surface area (Å²) in [6, 6.07) is 5.70. The molecular formula is C13H15N3O. The third kappa shape index (κ3) is 2.79. The molecule has 2 aromatic heterocycles. The number of nitrogens with zero attached hydrogens (tertiary/aromatic N) is 2. The number of aromatic nitrogens is 2. The van der Waals surface area contributed by atoms with E-state index in [1.165, 1.54) is 0 Å². The highest BCUT2D eigenvalue weighted by molar-refractivity contribution is 5.33. The van der Waals surface area contributed by atoms with Crippen LogP contribution in [-0.2, 0) is 6.42 Å². The average molecular weight is 229 g/mol. The van der Waals surface area contributed by atoms with Gasteiger partial charge in [-0.1, -0.05) is 6.07 Å². The third-order valence-electron chi connectivity index (χ3n) is 2.61. The maximum atomic E-state index is 6.17. The first kappa shape index (κ1) is 11.5. The Kier molecular flexibility index (Phi) is 3.67. The molecule has 2 heterocycles. The van der Waals surface area contributed by atoms with Crippen molar-refractivity contribution in [1.82, 2.24) is 9.97 Å². The highest BCUT2D eigenvalue weighted by atomic mass is 16.5. The molecule has 1 atom stereocenters. The van der Waals surface area contributed by atoms with E-state index in [4.69, 9.17) is 10.5 Å². The first-order valence-corrected chi connectivity index (χ1v) is 5.43. The second kappa shape index (κ2) is 5.41. The molecule has 0 saturated heterocycles. The van der Waals surface area contributed by atoms with Gasteiger partial charge in [-0.25, -0.2) is 0 Å². The fourth-order valence-electron chi connectivity index (χ4n) is 1.75. The number of pyridine rings is 2. The SMILES string of the molecule is COc1cnccc1C(N)Cc1cccnc1. The molecule has 4 heteroatoms. The van der Waals surface area contributed by atoms with Crippen LogP contribution in [0.1, 0.15) is 17.2 Å². The minimum atomic E-state index is -0.114. The fraction of sp³-hybridized carbons (Fsp3) is 0.231. The van der Waals surface area contributed by atoms with Crippen LogP contribution in [0.5, 0.6) is 5.75 Å². The summed E-state index contributed by atoms with van der Waals surface area (Å²) < 4.78 is 5.25. The molecule has 2 rings (SSSR count). The van der Waals surface area contributed by atoms with E-state index in [0.717, 1.165) is 23.3 Å². The maximum absolute atomic E-state index is 6.17. The van der Waals surface area contributed by atoms with E-state index >= 15 is 0 Å². The summed E-state index contributed by atoms with van der Waals surface area (Å²) in [7, 11) is 1.62. The van der Waals surface area contributed by atoms with Crippen LogP contribution in [0.4, 0.5) is 0 Å². The van der Waals surface area contributed by atoms with Crippen molar-refractivity contribution < 1.29 is 4.74 Å². The Morgan fingerprint density at radius 1 is 1.24 bits per heavy atom. The molecule has 0 aliphatic rings. The Balaban J connectivity index is 2.17. The number of nitrogens with two attached hydrogens (primary N) is 1. The minimum Gasteiger partial charge on any atom is -0.495 e. The van der Waals surface area contributed by atoms with Crippen LogP contribution in [-0.4, -0.2) is 17.1 Å². The van der Waals surface area contributed by atoms with Gasteiger partial charge >= 0.3 is 0 Å². The summed E-state index contributed by atoms with van der Waals surface area (Å²) in [6.07, 6.45) is 7.71. The van der Waals surface area contributed by atoms with Crippen molar-refractivity contribution in [2.24, 2.45) is 5.73 Å². The van der Waals surface area contributed by atoms with Crippen molar-refractivity contribution in [2.75, 3.05) is 7.11 Å². The molecule has 4 nitrogen and oxygen atoms in total. The van der Waals surface area contributed by atoms with Crippen LogP contribution in [0.25, 0.3) is 0 Å². The highest BCUT2D eigenvalue weighted by Crippen LogP contribution is 2.24. The number of methoxy groups -OCH3 is 1. The van der Waals surface area contributed by atoms with Crippen LogP contribution in [0.15, 0.2) is 43.0 Å². The molecule has 0 bridgehead atoms. The van der Waals surface area contributed by atoms with Gasteiger partial charge in [0.05, 0.1) is 13.3 Å². The first-order valence-electron chi connectivity index (χ1n) is 5.43. The molecule has 0 fully saturated rings. The monoisotopic (exact) mass is 229 g/mol. The van der Waals surface area contributed by atoms with E-state index < -0.39 is 0 Å². The van der Waals surface area contributed by atoms with Gasteiger partial charge in [-0.15, -0.1) is 0 Å². The fourth-order valence-corrected chi connectivity index (χ4v) is 1.75. The van der Waals surface area contributed by atoms with Crippen molar-refractivity contribution in [3.8, 4) is 5.75 Å². The van der Waals surface area contributed by atoms with Crippen molar-refractivity contribution in [2.45, 2.75) is 12.5 Å². The molecule has 0 amide bonds. The molecular weight excluding hydrogens is 214 g/mol. The molecule has 2 N–H and O–H groups in total. The second-order valence-corrected chi connectivity index (χ2v) is 3.79. The van der Waals surface area contributed by atoms with Gasteiger partial charge in [0, 0.05) is 30.2 Å². The molecule has 0 saturated carbocycles. The summed E-state index contributed by atoms with van der Waals surface area (Å²) in [6.45, 7) is 0. The zero-order valence-corrected chi connectivity index (χ0v) is 9.71. The number of ether oxygens (including phenoxy) is 1. The number of rotatable bonds is 4. The van der Waals surface area contributed by atoms with E-state index in [-0.39, 0.29) is 6.04 Å². The molecule has 0 radical (unpaired) electrons. The lowest BCUT2D eigenvalue weighted by molar-refractivity contribution is 0.403. The summed E-state index contributed by atoms with van der Waals surface area (Å²) >= 11 is 0. The van der Waals surface area contributed by atoms with Gasteiger partial charge in [0.1, 0.15) is 5.75 Å². The zero-order valence-electron chi connectivity index (χ0n) is 9.71. The van der Waals surface area contributed by atoms with Gasteiger partial charge < -0.3 is 10.5 Å². The molecule has 88 valence electrons. The first-order chi connectivity index (χ1) is 8.31. The van der Waals surface area contributed by atoms with Crippen molar-refractivity contribution in [1.29, 1.82) is 0 Å². The minimum absolute atomic E-state index is 0.114. The lowest BCUT2D eigenvalue weighted by Crippen LogP contribution is -2.14. The summed E-state index contributed by atoms with van der Waals surface area (Å²) in [4.78, 5) is 8.09. The van der Waals surface area contributed by atoms with E-state index in [0.29, 0.717) is 0 Å². The number of hydrogen-bond acceptors (Lipinski definition) is 4. The third-order valence-corrected chi connectivity index (χ3v) is 2.61. The molecule has 1 unspecified atom stereocenters. The highest BCUT2D eigenvalue weighted by Gasteiger charge is 2.12. The molecule has 0 aliphatic carbocycles.